The summed E-state index contributed by atoms with van der Waals surface area (Å²) in [5.74, 6) is 1.48. The van der Waals surface area contributed by atoms with E-state index >= 15 is 0 Å². The number of benzene rings is 1. The molecule has 0 aliphatic heterocycles. The van der Waals surface area contributed by atoms with Crippen LogP contribution in [0.3, 0.4) is 0 Å². The van der Waals surface area contributed by atoms with E-state index in [2.05, 4.69) is 31.5 Å². The van der Waals surface area contributed by atoms with Gasteiger partial charge >= 0.3 is 0 Å². The second kappa shape index (κ2) is 7.81. The molecule has 0 amide bonds. The van der Waals surface area contributed by atoms with Gasteiger partial charge in [-0.2, -0.15) is 0 Å². The Morgan fingerprint density at radius 1 is 1.22 bits per heavy atom. The van der Waals surface area contributed by atoms with Gasteiger partial charge < -0.3 is 0 Å². The number of ketones is 1. The number of halogens is 1. The molecule has 5 nitrogen and oxygen atoms in total. The second-order valence-electron chi connectivity index (χ2n) is 6.30. The van der Waals surface area contributed by atoms with Crippen LogP contribution in [-0.2, 0) is 24.2 Å². The number of carbonyl (C=O) groups excluding carboxylic acids is 1. The van der Waals surface area contributed by atoms with Crippen molar-refractivity contribution in [2.24, 2.45) is 5.92 Å². The standard InChI is InChI=1S/C17H21BrN4O/c18-15-8-4-7-14(9-15)10-16(23)11-17-19-20-21-22(17)12-13-5-2-1-3-6-13/h4,7-9,13H,1-3,5-6,10-12H2. The third-order valence-corrected chi connectivity index (χ3v) is 4.90. The van der Waals surface area contributed by atoms with Crippen LogP contribution < -0.4 is 0 Å². The van der Waals surface area contributed by atoms with E-state index in [1.165, 1.54) is 32.1 Å². The van der Waals surface area contributed by atoms with E-state index in [1.54, 1.807) is 0 Å². The van der Waals surface area contributed by atoms with Crippen molar-refractivity contribution in [2.45, 2.75) is 51.5 Å². The van der Waals surface area contributed by atoms with Gasteiger partial charge in [0.2, 0.25) is 0 Å². The Labute approximate surface area is 144 Å². The zero-order valence-electron chi connectivity index (χ0n) is 13.1. The monoisotopic (exact) mass is 376 g/mol. The van der Waals surface area contributed by atoms with Crippen molar-refractivity contribution in [3.8, 4) is 0 Å². The molecule has 1 aromatic carbocycles. The Morgan fingerprint density at radius 2 is 2.04 bits per heavy atom. The van der Waals surface area contributed by atoms with Crippen LogP contribution in [0.5, 0.6) is 0 Å². The maximum absolute atomic E-state index is 12.3. The molecule has 6 heteroatoms. The summed E-state index contributed by atoms with van der Waals surface area (Å²) in [7, 11) is 0. The average molecular weight is 377 g/mol. The number of hydrogen-bond acceptors (Lipinski definition) is 4. The summed E-state index contributed by atoms with van der Waals surface area (Å²) < 4.78 is 2.82. The molecular formula is C17H21BrN4O. The lowest BCUT2D eigenvalue weighted by atomic mass is 9.89. The lowest BCUT2D eigenvalue weighted by Crippen LogP contribution is -2.19. The predicted molar refractivity (Wildman–Crippen MR) is 90.9 cm³/mol. The Bertz CT molecular complexity index is 664. The summed E-state index contributed by atoms with van der Waals surface area (Å²) in [4.78, 5) is 12.3. The molecule has 0 saturated heterocycles. The van der Waals surface area contributed by atoms with E-state index in [4.69, 9.17) is 0 Å². The van der Waals surface area contributed by atoms with Crippen LogP contribution in [0.15, 0.2) is 28.7 Å². The van der Waals surface area contributed by atoms with Crippen LogP contribution in [0.4, 0.5) is 0 Å². The Morgan fingerprint density at radius 3 is 2.83 bits per heavy atom. The smallest absolute Gasteiger partial charge is 0.158 e. The number of hydrogen-bond donors (Lipinski definition) is 0. The average Bonchev–Trinajstić information content (AvgIpc) is 2.95. The van der Waals surface area contributed by atoms with Crippen LogP contribution in [0.1, 0.15) is 43.5 Å². The number of carbonyl (C=O) groups is 1. The molecule has 23 heavy (non-hydrogen) atoms. The zero-order valence-corrected chi connectivity index (χ0v) is 14.7. The number of rotatable bonds is 6. The summed E-state index contributed by atoms with van der Waals surface area (Å²) in [6.07, 6.45) is 7.12. The highest BCUT2D eigenvalue weighted by Crippen LogP contribution is 2.25. The van der Waals surface area contributed by atoms with Gasteiger partial charge in [0.1, 0.15) is 5.78 Å². The molecule has 3 rings (SSSR count). The van der Waals surface area contributed by atoms with Crippen LogP contribution in [-0.4, -0.2) is 26.0 Å². The first kappa shape index (κ1) is 16.3. The van der Waals surface area contributed by atoms with Crippen molar-refractivity contribution in [1.82, 2.24) is 20.2 Å². The minimum absolute atomic E-state index is 0.141. The van der Waals surface area contributed by atoms with Crippen molar-refractivity contribution in [1.29, 1.82) is 0 Å². The quantitative estimate of drug-likeness (QED) is 0.775. The summed E-state index contributed by atoms with van der Waals surface area (Å²) in [5, 5.41) is 11.9. The molecule has 1 aliphatic carbocycles. The highest BCUT2D eigenvalue weighted by molar-refractivity contribution is 9.10. The van der Waals surface area contributed by atoms with Crippen LogP contribution in [0.25, 0.3) is 0 Å². The van der Waals surface area contributed by atoms with Gasteiger partial charge in [-0.05, 0) is 46.9 Å². The fourth-order valence-electron chi connectivity index (χ4n) is 3.22. The van der Waals surface area contributed by atoms with Crippen molar-refractivity contribution in [3.63, 3.8) is 0 Å². The zero-order chi connectivity index (χ0) is 16.1. The first-order valence-corrected chi connectivity index (χ1v) is 9.01. The number of aromatic nitrogens is 4. The van der Waals surface area contributed by atoms with Crippen molar-refractivity contribution in [2.75, 3.05) is 0 Å². The van der Waals surface area contributed by atoms with Gasteiger partial charge in [0.05, 0.1) is 6.42 Å². The Kier molecular flexibility index (Phi) is 5.54. The van der Waals surface area contributed by atoms with Crippen molar-refractivity contribution >= 4 is 21.7 Å². The minimum Gasteiger partial charge on any atom is -0.299 e. The molecule has 0 N–H and O–H groups in total. The lowest BCUT2D eigenvalue weighted by Gasteiger charge is -2.21. The predicted octanol–water partition coefficient (Wildman–Crippen LogP) is 3.37. The van der Waals surface area contributed by atoms with E-state index in [9.17, 15) is 4.79 Å². The lowest BCUT2D eigenvalue weighted by molar-refractivity contribution is -0.118. The van der Waals surface area contributed by atoms with Gasteiger partial charge in [-0.3, -0.25) is 4.79 Å². The third kappa shape index (κ3) is 4.70. The van der Waals surface area contributed by atoms with Gasteiger partial charge in [-0.25, -0.2) is 4.68 Å². The molecule has 2 aromatic rings. The SMILES string of the molecule is O=C(Cc1cccc(Br)c1)Cc1nnnn1CC1CCCCC1. The summed E-state index contributed by atoms with van der Waals surface area (Å²) in [6.45, 7) is 0.840. The maximum Gasteiger partial charge on any atom is 0.158 e. The van der Waals surface area contributed by atoms with E-state index in [0.717, 1.165) is 16.6 Å². The summed E-state index contributed by atoms with van der Waals surface area (Å²) in [5.41, 5.74) is 1.01. The van der Waals surface area contributed by atoms with Crippen molar-refractivity contribution in [3.05, 3.63) is 40.1 Å². The second-order valence-corrected chi connectivity index (χ2v) is 7.22. The van der Waals surface area contributed by atoms with E-state index < -0.39 is 0 Å². The fourth-order valence-corrected chi connectivity index (χ4v) is 3.67. The van der Waals surface area contributed by atoms with E-state index in [1.807, 2.05) is 28.9 Å². The van der Waals surface area contributed by atoms with Gasteiger partial charge in [-0.15, -0.1) is 5.10 Å². The molecule has 122 valence electrons. The molecule has 1 heterocycles. The van der Waals surface area contributed by atoms with Crippen molar-refractivity contribution < 1.29 is 4.79 Å². The molecule has 0 bridgehead atoms. The Balaban J connectivity index is 1.59. The van der Waals surface area contributed by atoms with E-state index in [0.29, 0.717) is 24.6 Å². The van der Waals surface area contributed by atoms with Crippen LogP contribution in [0, 0.1) is 5.92 Å². The normalized spacial score (nSPS) is 15.7. The maximum atomic E-state index is 12.3. The van der Waals surface area contributed by atoms with Crippen LogP contribution >= 0.6 is 15.9 Å². The summed E-state index contributed by atoms with van der Waals surface area (Å²) in [6, 6.07) is 7.84. The highest BCUT2D eigenvalue weighted by atomic mass is 79.9. The van der Waals surface area contributed by atoms with Gasteiger partial charge in [-0.1, -0.05) is 47.3 Å². The molecule has 0 radical (unpaired) electrons. The topological polar surface area (TPSA) is 60.7 Å². The highest BCUT2D eigenvalue weighted by Gasteiger charge is 2.18. The first-order chi connectivity index (χ1) is 11.2. The molecule has 0 unspecified atom stereocenters. The molecule has 1 aliphatic rings. The Hall–Kier alpha value is -1.56. The van der Waals surface area contributed by atoms with E-state index in [-0.39, 0.29) is 5.78 Å². The molecule has 1 aromatic heterocycles. The largest absolute Gasteiger partial charge is 0.299 e. The fraction of sp³-hybridized carbons (Fsp3) is 0.529. The number of nitrogens with zero attached hydrogens (tertiary/aromatic N) is 4. The first-order valence-electron chi connectivity index (χ1n) is 8.22. The third-order valence-electron chi connectivity index (χ3n) is 4.41. The van der Waals surface area contributed by atoms with Gasteiger partial charge in [0, 0.05) is 17.4 Å². The minimum atomic E-state index is 0.141. The van der Waals surface area contributed by atoms with Crippen LogP contribution in [0.2, 0.25) is 0 Å². The number of tetrazole rings is 1. The number of Topliss-reactive ketones (excluding diaryl/α,β-unsaturated/α-hetero) is 1. The molecule has 0 spiro atoms. The molecule has 0 atom stereocenters. The van der Waals surface area contributed by atoms with Gasteiger partial charge in [0.15, 0.2) is 5.82 Å². The summed E-state index contributed by atoms with van der Waals surface area (Å²) >= 11 is 3.43. The molecule has 1 fully saturated rings. The molecular weight excluding hydrogens is 356 g/mol. The van der Waals surface area contributed by atoms with Gasteiger partial charge in [0.25, 0.3) is 0 Å². The molecule has 1 saturated carbocycles.